The van der Waals surface area contributed by atoms with Crippen LogP contribution in [0.5, 0.6) is 0 Å². The van der Waals surface area contributed by atoms with Crippen LogP contribution in [0.4, 0.5) is 0 Å². The van der Waals surface area contributed by atoms with Gasteiger partial charge in [-0.3, -0.25) is 19.1 Å². The summed E-state index contributed by atoms with van der Waals surface area (Å²) in [4.78, 5) is 37.3. The van der Waals surface area contributed by atoms with E-state index in [4.69, 9.17) is 9.47 Å². The Morgan fingerprint density at radius 3 is 2.79 bits per heavy atom. The number of nitrogens with one attached hydrogen (secondary N) is 2. The molecule has 0 radical (unpaired) electrons. The standard InChI is InChI=1S/C15H23N3O6/c1-7-5-18(15(22)17-13(7)21)14-12(23-6-10(20)16-4)8(2)11(24-14)9(3)19/h5,8-9,11-12,14,19H,6H2,1-4H3,(H,16,20)(H,17,21,22)/t8-,9-,11+,12-,14-/m1/s1. The summed E-state index contributed by atoms with van der Waals surface area (Å²) in [5.74, 6) is -0.578. The SMILES string of the molecule is CNC(=O)CO[C@@H]1[C@H](C)[C@@H]([C@@H](C)O)O[C@H]1n1cc(C)c(=O)[nH]c1=O. The Morgan fingerprint density at radius 1 is 1.54 bits per heavy atom. The molecule has 2 heterocycles. The van der Waals surface area contributed by atoms with Gasteiger partial charge in [-0.2, -0.15) is 0 Å². The van der Waals surface area contributed by atoms with Gasteiger partial charge in [-0.05, 0) is 13.8 Å². The van der Waals surface area contributed by atoms with Gasteiger partial charge in [0.2, 0.25) is 5.91 Å². The fourth-order valence-corrected chi connectivity index (χ4v) is 2.84. The molecule has 1 aliphatic heterocycles. The molecular weight excluding hydrogens is 318 g/mol. The zero-order chi connectivity index (χ0) is 18.0. The number of aryl methyl sites for hydroxylation is 1. The largest absolute Gasteiger partial charge is 0.391 e. The Balaban J connectivity index is 2.37. The molecule has 0 aliphatic carbocycles. The zero-order valence-electron chi connectivity index (χ0n) is 14.1. The van der Waals surface area contributed by atoms with Gasteiger partial charge in [-0.15, -0.1) is 0 Å². The van der Waals surface area contributed by atoms with Crippen LogP contribution in [-0.2, 0) is 14.3 Å². The minimum absolute atomic E-state index is 0.199. The molecule has 0 spiro atoms. The van der Waals surface area contributed by atoms with Crippen molar-refractivity contribution in [3.05, 3.63) is 32.6 Å². The summed E-state index contributed by atoms with van der Waals surface area (Å²) in [6.07, 6.45) is -1.45. The number of aromatic amines is 1. The molecular formula is C15H23N3O6. The van der Waals surface area contributed by atoms with Crippen molar-refractivity contribution < 1.29 is 19.4 Å². The topological polar surface area (TPSA) is 123 Å². The van der Waals surface area contributed by atoms with Crippen LogP contribution in [0.3, 0.4) is 0 Å². The average Bonchev–Trinajstić information content (AvgIpc) is 2.85. The summed E-state index contributed by atoms with van der Waals surface area (Å²) in [5.41, 5.74) is -0.767. The molecule has 1 aromatic heterocycles. The van der Waals surface area contributed by atoms with Gasteiger partial charge in [0.1, 0.15) is 12.7 Å². The number of aliphatic hydroxyl groups excluding tert-OH is 1. The number of hydrogen-bond acceptors (Lipinski definition) is 6. The maximum absolute atomic E-state index is 12.1. The fourth-order valence-electron chi connectivity index (χ4n) is 2.84. The molecule has 134 valence electrons. The molecule has 1 saturated heterocycles. The van der Waals surface area contributed by atoms with Crippen LogP contribution in [0.2, 0.25) is 0 Å². The number of H-pyrrole nitrogens is 1. The Bertz CT molecular complexity index is 710. The number of amides is 1. The molecule has 2 rings (SSSR count). The third kappa shape index (κ3) is 3.58. The van der Waals surface area contributed by atoms with Gasteiger partial charge < -0.3 is 19.9 Å². The van der Waals surface area contributed by atoms with E-state index in [0.29, 0.717) is 5.56 Å². The van der Waals surface area contributed by atoms with E-state index in [1.165, 1.54) is 17.8 Å². The summed E-state index contributed by atoms with van der Waals surface area (Å²) >= 11 is 0. The van der Waals surface area contributed by atoms with Crippen LogP contribution in [0.1, 0.15) is 25.6 Å². The average molecular weight is 341 g/mol. The highest BCUT2D eigenvalue weighted by molar-refractivity contribution is 5.76. The number of ether oxygens (including phenoxy) is 2. The van der Waals surface area contributed by atoms with Gasteiger partial charge in [0.25, 0.3) is 5.56 Å². The maximum atomic E-state index is 12.1. The zero-order valence-corrected chi connectivity index (χ0v) is 14.1. The molecule has 5 atom stereocenters. The normalized spacial score (nSPS) is 27.9. The van der Waals surface area contributed by atoms with Crippen molar-refractivity contribution in [3.63, 3.8) is 0 Å². The molecule has 0 bridgehead atoms. The summed E-state index contributed by atoms with van der Waals surface area (Å²) in [6, 6.07) is 0. The Morgan fingerprint density at radius 2 is 2.21 bits per heavy atom. The minimum atomic E-state index is -0.854. The van der Waals surface area contributed by atoms with Crippen molar-refractivity contribution in [2.45, 2.75) is 45.3 Å². The van der Waals surface area contributed by atoms with Crippen LogP contribution in [0.15, 0.2) is 15.8 Å². The van der Waals surface area contributed by atoms with E-state index in [9.17, 15) is 19.5 Å². The Kier molecular flexibility index (Phi) is 5.58. The lowest BCUT2D eigenvalue weighted by Gasteiger charge is -2.23. The van der Waals surface area contributed by atoms with E-state index in [0.717, 1.165) is 0 Å². The number of aromatic nitrogens is 2. The Labute approximate surface area is 138 Å². The molecule has 0 saturated carbocycles. The number of likely N-dealkylation sites (N-methyl/N-ethyl adjacent to an activating group) is 1. The van der Waals surface area contributed by atoms with Crippen molar-refractivity contribution in [2.75, 3.05) is 13.7 Å². The fraction of sp³-hybridized carbons (Fsp3) is 0.667. The molecule has 1 fully saturated rings. The summed E-state index contributed by atoms with van der Waals surface area (Å²) in [6.45, 7) is 4.77. The predicted molar refractivity (Wildman–Crippen MR) is 84.6 cm³/mol. The molecule has 3 N–H and O–H groups in total. The molecule has 1 amide bonds. The van der Waals surface area contributed by atoms with E-state index in [2.05, 4.69) is 10.3 Å². The number of carbonyl (C=O) groups is 1. The van der Waals surface area contributed by atoms with Crippen molar-refractivity contribution in [1.29, 1.82) is 0 Å². The van der Waals surface area contributed by atoms with E-state index < -0.39 is 35.8 Å². The van der Waals surface area contributed by atoms with Gasteiger partial charge in [-0.25, -0.2) is 4.79 Å². The number of nitrogens with zero attached hydrogens (tertiary/aromatic N) is 1. The van der Waals surface area contributed by atoms with Gasteiger partial charge in [0.15, 0.2) is 6.23 Å². The maximum Gasteiger partial charge on any atom is 0.330 e. The second-order valence-corrected chi connectivity index (χ2v) is 6.02. The summed E-state index contributed by atoms with van der Waals surface area (Å²) in [7, 11) is 1.49. The van der Waals surface area contributed by atoms with Crippen LogP contribution in [0, 0.1) is 12.8 Å². The van der Waals surface area contributed by atoms with Crippen molar-refractivity contribution in [3.8, 4) is 0 Å². The van der Waals surface area contributed by atoms with Crippen LogP contribution in [0.25, 0.3) is 0 Å². The van der Waals surface area contributed by atoms with Crippen molar-refractivity contribution in [1.82, 2.24) is 14.9 Å². The first-order chi connectivity index (χ1) is 11.3. The lowest BCUT2D eigenvalue weighted by atomic mass is 9.97. The van der Waals surface area contributed by atoms with E-state index in [-0.39, 0.29) is 18.4 Å². The van der Waals surface area contributed by atoms with Crippen LogP contribution in [-0.4, -0.2) is 52.5 Å². The second-order valence-electron chi connectivity index (χ2n) is 6.02. The molecule has 0 unspecified atom stereocenters. The monoisotopic (exact) mass is 341 g/mol. The molecule has 1 aliphatic rings. The highest BCUT2D eigenvalue weighted by Crippen LogP contribution is 2.36. The third-order valence-electron chi connectivity index (χ3n) is 4.20. The molecule has 9 heteroatoms. The van der Waals surface area contributed by atoms with E-state index in [1.54, 1.807) is 13.8 Å². The number of carbonyl (C=O) groups excluding carboxylic acids is 1. The molecule has 9 nitrogen and oxygen atoms in total. The van der Waals surface area contributed by atoms with Crippen LogP contribution < -0.4 is 16.6 Å². The first-order valence-corrected chi connectivity index (χ1v) is 7.74. The lowest BCUT2D eigenvalue weighted by Crippen LogP contribution is -2.39. The number of hydrogen-bond donors (Lipinski definition) is 3. The molecule has 0 aromatic carbocycles. The third-order valence-corrected chi connectivity index (χ3v) is 4.20. The van der Waals surface area contributed by atoms with Gasteiger partial charge in [0, 0.05) is 24.7 Å². The first kappa shape index (κ1) is 18.4. The van der Waals surface area contributed by atoms with Crippen molar-refractivity contribution in [2.24, 2.45) is 5.92 Å². The molecule has 1 aromatic rings. The summed E-state index contributed by atoms with van der Waals surface area (Å²) in [5, 5.41) is 12.3. The highest BCUT2D eigenvalue weighted by Gasteiger charge is 2.46. The smallest absolute Gasteiger partial charge is 0.330 e. The minimum Gasteiger partial charge on any atom is -0.391 e. The van der Waals surface area contributed by atoms with Crippen molar-refractivity contribution >= 4 is 5.91 Å². The second kappa shape index (κ2) is 7.29. The van der Waals surface area contributed by atoms with Crippen LogP contribution >= 0.6 is 0 Å². The van der Waals surface area contributed by atoms with Gasteiger partial charge in [0.05, 0.1) is 12.2 Å². The van der Waals surface area contributed by atoms with E-state index in [1.807, 2.05) is 6.92 Å². The van der Waals surface area contributed by atoms with Gasteiger partial charge in [-0.1, -0.05) is 6.92 Å². The Hall–Kier alpha value is -1.97. The van der Waals surface area contributed by atoms with E-state index >= 15 is 0 Å². The highest BCUT2D eigenvalue weighted by atomic mass is 16.6. The lowest BCUT2D eigenvalue weighted by molar-refractivity contribution is -0.131. The molecule has 24 heavy (non-hydrogen) atoms. The number of aliphatic hydroxyl groups is 1. The first-order valence-electron chi connectivity index (χ1n) is 7.74. The number of rotatable bonds is 5. The summed E-state index contributed by atoms with van der Waals surface area (Å²) < 4.78 is 12.7. The van der Waals surface area contributed by atoms with Gasteiger partial charge >= 0.3 is 5.69 Å². The quantitative estimate of drug-likeness (QED) is 0.624. The predicted octanol–water partition coefficient (Wildman–Crippen LogP) is -1.11.